The van der Waals surface area contributed by atoms with Gasteiger partial charge in [0.15, 0.2) is 0 Å². The van der Waals surface area contributed by atoms with Crippen LogP contribution in [0.4, 0.5) is 5.69 Å². The van der Waals surface area contributed by atoms with Gasteiger partial charge in [-0.05, 0) is 48.0 Å². The van der Waals surface area contributed by atoms with Crippen LogP contribution in [0.5, 0.6) is 5.75 Å². The molecule has 3 aromatic rings. The molecule has 0 spiro atoms. The average molecular weight is 418 g/mol. The maximum absolute atomic E-state index is 12.8. The molecular weight excluding hydrogens is 401 g/mol. The van der Waals surface area contributed by atoms with E-state index in [0.717, 1.165) is 16.2 Å². The molecule has 3 rings (SSSR count). The highest BCUT2D eigenvalue weighted by molar-refractivity contribution is 7.98. The zero-order valence-electron chi connectivity index (χ0n) is 14.5. The number of methoxy groups -OCH3 is 1. The molecule has 0 bridgehead atoms. The van der Waals surface area contributed by atoms with Gasteiger partial charge in [-0.15, -0.1) is 11.8 Å². The number of hydrogen-bond donors (Lipinski definition) is 1. The Balaban J connectivity index is 1.77. The number of ether oxygens (including phenoxy) is 1. The molecule has 0 heterocycles. The molecular formula is C21H17Cl2NO2S. The SMILES string of the molecule is COc1ccc(Cl)cc1NC(=O)c1ccccc1SCc1ccc(Cl)cc1. The average Bonchev–Trinajstić information content (AvgIpc) is 2.68. The van der Waals surface area contributed by atoms with Crippen LogP contribution in [0.2, 0.25) is 10.0 Å². The van der Waals surface area contributed by atoms with Crippen molar-refractivity contribution >= 4 is 46.6 Å². The third kappa shape index (κ3) is 5.19. The van der Waals surface area contributed by atoms with Crippen molar-refractivity contribution < 1.29 is 9.53 Å². The summed E-state index contributed by atoms with van der Waals surface area (Å²) in [6.45, 7) is 0. The second-order valence-corrected chi connectivity index (χ2v) is 7.60. The van der Waals surface area contributed by atoms with Crippen molar-refractivity contribution in [1.29, 1.82) is 0 Å². The quantitative estimate of drug-likeness (QED) is 0.462. The number of amides is 1. The van der Waals surface area contributed by atoms with E-state index in [1.807, 2.05) is 42.5 Å². The number of halogens is 2. The summed E-state index contributed by atoms with van der Waals surface area (Å²) >= 11 is 13.6. The smallest absolute Gasteiger partial charge is 0.256 e. The highest BCUT2D eigenvalue weighted by Crippen LogP contribution is 2.30. The summed E-state index contributed by atoms with van der Waals surface area (Å²) < 4.78 is 5.29. The van der Waals surface area contributed by atoms with Gasteiger partial charge in [0.1, 0.15) is 5.75 Å². The first-order valence-electron chi connectivity index (χ1n) is 8.18. The molecule has 1 amide bonds. The molecule has 0 atom stereocenters. The Labute approximate surface area is 172 Å². The molecule has 0 saturated carbocycles. The molecule has 138 valence electrons. The van der Waals surface area contributed by atoms with Gasteiger partial charge in [-0.3, -0.25) is 4.79 Å². The Morgan fingerprint density at radius 2 is 1.70 bits per heavy atom. The highest BCUT2D eigenvalue weighted by atomic mass is 35.5. The lowest BCUT2D eigenvalue weighted by Crippen LogP contribution is -2.13. The molecule has 0 unspecified atom stereocenters. The minimum absolute atomic E-state index is 0.213. The monoisotopic (exact) mass is 417 g/mol. The lowest BCUT2D eigenvalue weighted by atomic mass is 10.2. The zero-order chi connectivity index (χ0) is 19.2. The summed E-state index contributed by atoms with van der Waals surface area (Å²) in [5.74, 6) is 1.08. The van der Waals surface area contributed by atoms with E-state index in [0.29, 0.717) is 27.0 Å². The van der Waals surface area contributed by atoms with Crippen LogP contribution in [0, 0.1) is 0 Å². The van der Waals surface area contributed by atoms with Crippen molar-refractivity contribution in [2.24, 2.45) is 0 Å². The summed E-state index contributed by atoms with van der Waals surface area (Å²) in [5, 5.41) is 4.12. The van der Waals surface area contributed by atoms with Crippen molar-refractivity contribution in [3.8, 4) is 5.75 Å². The van der Waals surface area contributed by atoms with E-state index >= 15 is 0 Å². The first-order chi connectivity index (χ1) is 13.1. The zero-order valence-corrected chi connectivity index (χ0v) is 16.9. The fourth-order valence-corrected chi connectivity index (χ4v) is 3.79. The summed E-state index contributed by atoms with van der Waals surface area (Å²) in [6.07, 6.45) is 0. The van der Waals surface area contributed by atoms with E-state index < -0.39 is 0 Å². The molecule has 1 N–H and O–H groups in total. The molecule has 3 aromatic carbocycles. The van der Waals surface area contributed by atoms with Crippen LogP contribution in [0.25, 0.3) is 0 Å². The van der Waals surface area contributed by atoms with Gasteiger partial charge in [0, 0.05) is 20.7 Å². The van der Waals surface area contributed by atoms with Crippen molar-refractivity contribution in [2.45, 2.75) is 10.6 Å². The Hall–Kier alpha value is -2.14. The van der Waals surface area contributed by atoms with Crippen LogP contribution in [0.15, 0.2) is 71.6 Å². The van der Waals surface area contributed by atoms with Crippen LogP contribution in [-0.4, -0.2) is 13.0 Å². The van der Waals surface area contributed by atoms with Gasteiger partial charge in [0.05, 0.1) is 18.4 Å². The maximum Gasteiger partial charge on any atom is 0.256 e. The summed E-state index contributed by atoms with van der Waals surface area (Å²) in [5.41, 5.74) is 2.27. The van der Waals surface area contributed by atoms with Gasteiger partial charge < -0.3 is 10.1 Å². The van der Waals surface area contributed by atoms with E-state index in [9.17, 15) is 4.79 Å². The van der Waals surface area contributed by atoms with Crippen molar-refractivity contribution in [3.63, 3.8) is 0 Å². The minimum atomic E-state index is -0.213. The number of carbonyl (C=O) groups is 1. The molecule has 0 radical (unpaired) electrons. The molecule has 0 aliphatic heterocycles. The first kappa shape index (κ1) is 19.6. The van der Waals surface area contributed by atoms with Crippen molar-refractivity contribution in [1.82, 2.24) is 0 Å². The topological polar surface area (TPSA) is 38.3 Å². The Morgan fingerprint density at radius 3 is 2.44 bits per heavy atom. The van der Waals surface area contributed by atoms with Crippen LogP contribution in [0.1, 0.15) is 15.9 Å². The molecule has 0 saturated heterocycles. The third-order valence-corrected chi connectivity index (χ3v) is 5.48. The Bertz CT molecular complexity index is 945. The number of anilines is 1. The maximum atomic E-state index is 12.8. The van der Waals surface area contributed by atoms with E-state index in [2.05, 4.69) is 5.32 Å². The number of nitrogens with one attached hydrogen (secondary N) is 1. The van der Waals surface area contributed by atoms with Gasteiger partial charge in [-0.1, -0.05) is 47.5 Å². The van der Waals surface area contributed by atoms with Gasteiger partial charge in [-0.25, -0.2) is 0 Å². The lowest BCUT2D eigenvalue weighted by molar-refractivity contribution is 0.102. The van der Waals surface area contributed by atoms with E-state index in [-0.39, 0.29) is 5.91 Å². The Kier molecular flexibility index (Phi) is 6.67. The molecule has 0 aliphatic rings. The van der Waals surface area contributed by atoms with Crippen molar-refractivity contribution in [2.75, 3.05) is 12.4 Å². The summed E-state index contributed by atoms with van der Waals surface area (Å²) in [6, 6.07) is 20.3. The number of rotatable bonds is 6. The van der Waals surface area contributed by atoms with Crippen LogP contribution >= 0.6 is 35.0 Å². The predicted molar refractivity (Wildman–Crippen MR) is 113 cm³/mol. The van der Waals surface area contributed by atoms with E-state index in [1.165, 1.54) is 0 Å². The second-order valence-electron chi connectivity index (χ2n) is 5.71. The van der Waals surface area contributed by atoms with Crippen LogP contribution < -0.4 is 10.1 Å². The van der Waals surface area contributed by atoms with E-state index in [1.54, 1.807) is 43.1 Å². The number of carbonyl (C=O) groups excluding carboxylic acids is 1. The van der Waals surface area contributed by atoms with E-state index in [4.69, 9.17) is 27.9 Å². The van der Waals surface area contributed by atoms with Crippen LogP contribution in [-0.2, 0) is 5.75 Å². The molecule has 27 heavy (non-hydrogen) atoms. The van der Waals surface area contributed by atoms with Gasteiger partial charge >= 0.3 is 0 Å². The number of hydrogen-bond acceptors (Lipinski definition) is 3. The minimum Gasteiger partial charge on any atom is -0.495 e. The highest BCUT2D eigenvalue weighted by Gasteiger charge is 2.14. The van der Waals surface area contributed by atoms with Crippen LogP contribution in [0.3, 0.4) is 0 Å². The summed E-state index contributed by atoms with van der Waals surface area (Å²) in [7, 11) is 1.55. The number of thioether (sulfide) groups is 1. The first-order valence-corrected chi connectivity index (χ1v) is 9.92. The standard InChI is InChI=1S/C21H17Cl2NO2S/c1-26-19-11-10-16(23)12-18(19)24-21(25)17-4-2-3-5-20(17)27-13-14-6-8-15(22)9-7-14/h2-12H,13H2,1H3,(H,24,25). The van der Waals surface area contributed by atoms with Crippen molar-refractivity contribution in [3.05, 3.63) is 87.9 Å². The third-order valence-electron chi connectivity index (χ3n) is 3.85. The number of benzene rings is 3. The molecule has 6 heteroatoms. The normalized spacial score (nSPS) is 10.5. The van der Waals surface area contributed by atoms with Gasteiger partial charge in [-0.2, -0.15) is 0 Å². The molecule has 0 fully saturated rings. The Morgan fingerprint density at radius 1 is 1.00 bits per heavy atom. The molecule has 0 aromatic heterocycles. The van der Waals surface area contributed by atoms with Gasteiger partial charge in [0.25, 0.3) is 5.91 Å². The second kappa shape index (κ2) is 9.18. The predicted octanol–water partition coefficient (Wildman–Crippen LogP) is 6.55. The van der Waals surface area contributed by atoms with Gasteiger partial charge in [0.2, 0.25) is 0 Å². The largest absolute Gasteiger partial charge is 0.495 e. The fraction of sp³-hybridized carbons (Fsp3) is 0.0952. The fourth-order valence-electron chi connectivity index (χ4n) is 2.49. The summed E-state index contributed by atoms with van der Waals surface area (Å²) in [4.78, 5) is 13.7. The molecule has 3 nitrogen and oxygen atoms in total. The lowest BCUT2D eigenvalue weighted by Gasteiger charge is -2.13. The molecule has 0 aliphatic carbocycles.